The largest absolute Gasteiger partial charge is 0.465 e. The minimum Gasteiger partial charge on any atom is -0.465 e. The Morgan fingerprint density at radius 2 is 2.27 bits per heavy atom. The van der Waals surface area contributed by atoms with Crippen LogP contribution in [0.2, 0.25) is 0 Å². The van der Waals surface area contributed by atoms with Crippen LogP contribution in [0.5, 0.6) is 0 Å². The number of hydrogen-bond acceptors (Lipinski definition) is 3. The van der Waals surface area contributed by atoms with Crippen molar-refractivity contribution in [2.75, 3.05) is 6.61 Å². The number of aromatic nitrogens is 1. The van der Waals surface area contributed by atoms with Gasteiger partial charge in [0.15, 0.2) is 0 Å². The third kappa shape index (κ3) is 4.54. The molecule has 0 atom stereocenters. The highest BCUT2D eigenvalue weighted by atomic mass is 19.1. The lowest BCUT2D eigenvalue weighted by molar-refractivity contribution is -0.143. The first-order valence-corrected chi connectivity index (χ1v) is 4.83. The highest BCUT2D eigenvalue weighted by Crippen LogP contribution is 2.03. The van der Waals surface area contributed by atoms with Crippen molar-refractivity contribution in [3.63, 3.8) is 0 Å². The number of carbonyl (C=O) groups excluding carboxylic acids is 1. The Bertz CT molecular complexity index is 339. The van der Waals surface area contributed by atoms with E-state index >= 15 is 0 Å². The van der Waals surface area contributed by atoms with Crippen molar-refractivity contribution in [1.82, 2.24) is 4.98 Å². The lowest BCUT2D eigenvalue weighted by Gasteiger charge is -2.06. The number of nitrogens with zero attached hydrogens (tertiary/aromatic N) is 1. The standard InChI is InChI=1S/C11H14FNO2/c1-8(2)7-15-11(14)4-9-3-10(12)6-13-5-9/h3,5-6,8H,4,7H2,1-2H3. The summed E-state index contributed by atoms with van der Waals surface area (Å²) in [4.78, 5) is 14.9. The second-order valence-corrected chi connectivity index (χ2v) is 3.77. The summed E-state index contributed by atoms with van der Waals surface area (Å²) in [5.41, 5.74) is 0.531. The summed E-state index contributed by atoms with van der Waals surface area (Å²) in [6.07, 6.45) is 2.63. The van der Waals surface area contributed by atoms with Crippen molar-refractivity contribution in [2.24, 2.45) is 5.92 Å². The van der Waals surface area contributed by atoms with Crippen molar-refractivity contribution >= 4 is 5.97 Å². The minimum absolute atomic E-state index is 0.0669. The predicted molar refractivity (Wildman–Crippen MR) is 53.7 cm³/mol. The van der Waals surface area contributed by atoms with E-state index in [-0.39, 0.29) is 12.4 Å². The molecule has 0 aliphatic rings. The smallest absolute Gasteiger partial charge is 0.310 e. The van der Waals surface area contributed by atoms with E-state index in [1.165, 1.54) is 12.3 Å². The molecule has 1 aromatic heterocycles. The highest BCUT2D eigenvalue weighted by molar-refractivity contribution is 5.72. The minimum atomic E-state index is -0.441. The molecule has 0 saturated carbocycles. The molecule has 4 heteroatoms. The number of rotatable bonds is 4. The van der Waals surface area contributed by atoms with Gasteiger partial charge in [-0.15, -0.1) is 0 Å². The Morgan fingerprint density at radius 1 is 1.53 bits per heavy atom. The summed E-state index contributed by atoms with van der Waals surface area (Å²) >= 11 is 0. The molecule has 0 aromatic carbocycles. The van der Waals surface area contributed by atoms with Crippen molar-refractivity contribution in [3.05, 3.63) is 29.8 Å². The predicted octanol–water partition coefficient (Wildman–Crippen LogP) is 1.96. The van der Waals surface area contributed by atoms with E-state index in [1.807, 2.05) is 13.8 Å². The number of pyridine rings is 1. The molecule has 0 aliphatic carbocycles. The molecule has 1 heterocycles. The molecular formula is C11H14FNO2. The average molecular weight is 211 g/mol. The third-order valence-electron chi connectivity index (χ3n) is 1.69. The second kappa shape index (κ2) is 5.44. The van der Waals surface area contributed by atoms with Gasteiger partial charge in [0.25, 0.3) is 0 Å². The quantitative estimate of drug-likeness (QED) is 0.715. The molecule has 0 aliphatic heterocycles. The molecule has 0 saturated heterocycles. The SMILES string of the molecule is CC(C)COC(=O)Cc1cncc(F)c1. The molecule has 15 heavy (non-hydrogen) atoms. The van der Waals surface area contributed by atoms with Gasteiger partial charge in [0, 0.05) is 6.20 Å². The monoisotopic (exact) mass is 211 g/mol. The first-order valence-electron chi connectivity index (χ1n) is 4.83. The lowest BCUT2D eigenvalue weighted by Crippen LogP contribution is -2.12. The van der Waals surface area contributed by atoms with E-state index in [1.54, 1.807) is 0 Å². The average Bonchev–Trinajstić information content (AvgIpc) is 2.15. The Morgan fingerprint density at radius 3 is 2.87 bits per heavy atom. The highest BCUT2D eigenvalue weighted by Gasteiger charge is 2.06. The normalized spacial score (nSPS) is 10.4. The fourth-order valence-corrected chi connectivity index (χ4v) is 1.03. The van der Waals surface area contributed by atoms with E-state index in [4.69, 9.17) is 4.74 Å². The van der Waals surface area contributed by atoms with Crippen molar-refractivity contribution in [3.8, 4) is 0 Å². The number of hydrogen-bond donors (Lipinski definition) is 0. The van der Waals surface area contributed by atoms with Crippen LogP contribution in [0.3, 0.4) is 0 Å². The van der Waals surface area contributed by atoms with Crippen molar-refractivity contribution in [2.45, 2.75) is 20.3 Å². The van der Waals surface area contributed by atoms with Crippen LogP contribution < -0.4 is 0 Å². The molecule has 1 aromatic rings. The third-order valence-corrected chi connectivity index (χ3v) is 1.69. The Balaban J connectivity index is 2.44. The van der Waals surface area contributed by atoms with Gasteiger partial charge < -0.3 is 4.74 Å². The van der Waals surface area contributed by atoms with Gasteiger partial charge in [-0.3, -0.25) is 9.78 Å². The summed E-state index contributed by atoms with van der Waals surface area (Å²) in [5, 5.41) is 0. The number of esters is 1. The summed E-state index contributed by atoms with van der Waals surface area (Å²) < 4.78 is 17.7. The van der Waals surface area contributed by atoms with Gasteiger partial charge in [0.05, 0.1) is 19.2 Å². The molecule has 0 unspecified atom stereocenters. The number of ether oxygens (including phenoxy) is 1. The van der Waals surface area contributed by atoms with Crippen LogP contribution >= 0.6 is 0 Å². The van der Waals surface area contributed by atoms with E-state index in [2.05, 4.69) is 4.98 Å². The fourth-order valence-electron chi connectivity index (χ4n) is 1.03. The van der Waals surface area contributed by atoms with Gasteiger partial charge in [0.2, 0.25) is 0 Å². The van der Waals surface area contributed by atoms with Crippen LogP contribution in [-0.4, -0.2) is 17.6 Å². The zero-order chi connectivity index (χ0) is 11.3. The van der Waals surface area contributed by atoms with Crippen LogP contribution in [0.15, 0.2) is 18.5 Å². The van der Waals surface area contributed by atoms with E-state index in [0.717, 1.165) is 6.20 Å². The molecule has 0 spiro atoms. The topological polar surface area (TPSA) is 39.2 Å². The van der Waals surface area contributed by atoms with E-state index < -0.39 is 5.82 Å². The molecule has 0 N–H and O–H groups in total. The van der Waals surface area contributed by atoms with Gasteiger partial charge >= 0.3 is 5.97 Å². The molecule has 0 radical (unpaired) electrons. The Kier molecular flexibility index (Phi) is 4.21. The maximum Gasteiger partial charge on any atom is 0.310 e. The van der Waals surface area contributed by atoms with E-state index in [0.29, 0.717) is 18.1 Å². The maximum atomic E-state index is 12.7. The van der Waals surface area contributed by atoms with Crippen LogP contribution in [0.4, 0.5) is 4.39 Å². The molecule has 0 amide bonds. The summed E-state index contributed by atoms with van der Waals surface area (Å²) in [7, 11) is 0. The second-order valence-electron chi connectivity index (χ2n) is 3.77. The molecular weight excluding hydrogens is 197 g/mol. The molecule has 1 rings (SSSR count). The lowest BCUT2D eigenvalue weighted by atomic mass is 10.2. The first-order chi connectivity index (χ1) is 7.08. The van der Waals surface area contributed by atoms with Gasteiger partial charge in [-0.25, -0.2) is 4.39 Å². The van der Waals surface area contributed by atoms with Crippen LogP contribution in [0.1, 0.15) is 19.4 Å². The molecule has 0 bridgehead atoms. The van der Waals surface area contributed by atoms with Crippen molar-refractivity contribution < 1.29 is 13.9 Å². The fraction of sp³-hybridized carbons (Fsp3) is 0.455. The number of carbonyl (C=O) groups is 1. The molecule has 82 valence electrons. The van der Waals surface area contributed by atoms with Crippen LogP contribution in [0.25, 0.3) is 0 Å². The van der Waals surface area contributed by atoms with Gasteiger partial charge in [-0.1, -0.05) is 13.8 Å². The van der Waals surface area contributed by atoms with Gasteiger partial charge in [0.1, 0.15) is 5.82 Å². The summed E-state index contributed by atoms with van der Waals surface area (Å²) in [6.45, 7) is 4.30. The zero-order valence-electron chi connectivity index (χ0n) is 8.87. The Labute approximate surface area is 88.3 Å². The summed E-state index contributed by atoms with van der Waals surface area (Å²) in [5.74, 6) is -0.486. The summed E-state index contributed by atoms with van der Waals surface area (Å²) in [6, 6.07) is 1.28. The van der Waals surface area contributed by atoms with E-state index in [9.17, 15) is 9.18 Å². The first kappa shape index (κ1) is 11.6. The molecule has 0 fully saturated rings. The zero-order valence-corrected chi connectivity index (χ0v) is 8.87. The van der Waals surface area contributed by atoms with Crippen LogP contribution in [0, 0.1) is 11.7 Å². The van der Waals surface area contributed by atoms with Crippen LogP contribution in [-0.2, 0) is 16.0 Å². The maximum absolute atomic E-state index is 12.7. The Hall–Kier alpha value is -1.45. The number of halogens is 1. The molecule has 3 nitrogen and oxygen atoms in total. The van der Waals surface area contributed by atoms with Crippen molar-refractivity contribution in [1.29, 1.82) is 0 Å². The van der Waals surface area contributed by atoms with Gasteiger partial charge in [-0.2, -0.15) is 0 Å². The van der Waals surface area contributed by atoms with Gasteiger partial charge in [-0.05, 0) is 17.5 Å².